The summed E-state index contributed by atoms with van der Waals surface area (Å²) in [6.07, 6.45) is 2.45. The maximum Gasteiger partial charge on any atom is 0.150 e. The molecule has 1 aromatic rings. The number of hydrazine groups is 1. The van der Waals surface area contributed by atoms with E-state index in [0.29, 0.717) is 11.5 Å². The van der Waals surface area contributed by atoms with Crippen LogP contribution in [0, 0.1) is 5.92 Å². The molecule has 0 saturated carbocycles. The summed E-state index contributed by atoms with van der Waals surface area (Å²) in [7, 11) is -2.79. The minimum Gasteiger partial charge on any atom is -0.271 e. The second-order valence-corrected chi connectivity index (χ2v) is 9.55. The Bertz CT molecular complexity index is 501. The zero-order valence-electron chi connectivity index (χ0n) is 9.93. The Hall–Kier alpha value is 0.0500. The number of hydrogen-bond acceptors (Lipinski definition) is 5. The van der Waals surface area contributed by atoms with Gasteiger partial charge in [-0.15, -0.1) is 11.3 Å². The van der Waals surface area contributed by atoms with Crippen LogP contribution in [0.25, 0.3) is 0 Å². The summed E-state index contributed by atoms with van der Waals surface area (Å²) in [5, 5.41) is 0. The molecule has 1 aromatic heterocycles. The Kier molecular flexibility index (Phi) is 4.82. The molecule has 1 aliphatic rings. The molecule has 0 aliphatic carbocycles. The highest BCUT2D eigenvalue weighted by Gasteiger charge is 2.29. The van der Waals surface area contributed by atoms with Gasteiger partial charge in [-0.1, -0.05) is 0 Å². The van der Waals surface area contributed by atoms with Crippen LogP contribution in [0.4, 0.5) is 0 Å². The van der Waals surface area contributed by atoms with Gasteiger partial charge < -0.3 is 0 Å². The Morgan fingerprint density at radius 2 is 2.33 bits per heavy atom. The van der Waals surface area contributed by atoms with Crippen molar-refractivity contribution in [1.29, 1.82) is 0 Å². The summed E-state index contributed by atoms with van der Waals surface area (Å²) in [6, 6.07) is 4.24. The van der Waals surface area contributed by atoms with Crippen LogP contribution >= 0.6 is 27.3 Å². The Labute approximate surface area is 120 Å². The summed E-state index contributed by atoms with van der Waals surface area (Å²) in [5.74, 6) is 6.47. The van der Waals surface area contributed by atoms with Crippen molar-refractivity contribution in [1.82, 2.24) is 5.43 Å². The van der Waals surface area contributed by atoms with Gasteiger partial charge in [-0.3, -0.25) is 11.3 Å². The van der Waals surface area contributed by atoms with E-state index in [1.54, 1.807) is 11.3 Å². The number of hydrogen-bond donors (Lipinski definition) is 2. The highest BCUT2D eigenvalue weighted by Crippen LogP contribution is 2.27. The summed E-state index contributed by atoms with van der Waals surface area (Å²) in [4.78, 5) is 1.26. The van der Waals surface area contributed by atoms with E-state index in [1.807, 2.05) is 6.07 Å². The molecule has 7 heteroatoms. The first-order valence-electron chi connectivity index (χ1n) is 5.89. The molecular weight excluding hydrogens is 336 g/mol. The molecular formula is C11H17BrN2O2S2. The molecule has 18 heavy (non-hydrogen) atoms. The predicted molar refractivity (Wildman–Crippen MR) is 78.2 cm³/mol. The van der Waals surface area contributed by atoms with E-state index in [0.717, 1.165) is 23.0 Å². The fraction of sp³-hybridized carbons (Fsp3) is 0.636. The third-order valence-corrected chi connectivity index (χ3v) is 6.74. The molecule has 102 valence electrons. The predicted octanol–water partition coefficient (Wildman–Crippen LogP) is 1.71. The normalized spacial score (nSPS) is 24.2. The number of rotatable bonds is 5. The lowest BCUT2D eigenvalue weighted by molar-refractivity contribution is 0.410. The Balaban J connectivity index is 1.90. The van der Waals surface area contributed by atoms with Crippen LogP contribution in [0.3, 0.4) is 0 Å². The molecule has 2 rings (SSSR count). The first-order valence-corrected chi connectivity index (χ1v) is 9.32. The SMILES string of the molecule is NNC(Cc1ccc(Br)s1)CC1CCS(=O)(=O)C1. The summed E-state index contributed by atoms with van der Waals surface area (Å²) in [5.41, 5.74) is 2.81. The van der Waals surface area contributed by atoms with Gasteiger partial charge >= 0.3 is 0 Å². The minimum atomic E-state index is -2.79. The smallest absolute Gasteiger partial charge is 0.150 e. The number of halogens is 1. The molecule has 0 aromatic carbocycles. The first kappa shape index (κ1) is 14.5. The number of thiophene rings is 1. The lowest BCUT2D eigenvalue weighted by Gasteiger charge is -2.18. The Morgan fingerprint density at radius 3 is 2.83 bits per heavy atom. The first-order chi connectivity index (χ1) is 8.48. The second kappa shape index (κ2) is 6.00. The maximum atomic E-state index is 11.4. The fourth-order valence-electron chi connectivity index (χ4n) is 2.37. The molecule has 0 bridgehead atoms. The van der Waals surface area contributed by atoms with Gasteiger partial charge in [0.25, 0.3) is 0 Å². The minimum absolute atomic E-state index is 0.147. The van der Waals surface area contributed by atoms with E-state index in [4.69, 9.17) is 5.84 Å². The molecule has 4 nitrogen and oxygen atoms in total. The fourth-order valence-corrected chi connectivity index (χ4v) is 5.82. The van der Waals surface area contributed by atoms with Gasteiger partial charge in [-0.05, 0) is 53.2 Å². The molecule has 0 spiro atoms. The monoisotopic (exact) mass is 352 g/mol. The van der Waals surface area contributed by atoms with Gasteiger partial charge in [0.05, 0.1) is 15.3 Å². The molecule has 1 saturated heterocycles. The van der Waals surface area contributed by atoms with E-state index < -0.39 is 9.84 Å². The van der Waals surface area contributed by atoms with Crippen molar-refractivity contribution in [2.24, 2.45) is 11.8 Å². The van der Waals surface area contributed by atoms with Gasteiger partial charge in [0.1, 0.15) is 0 Å². The average molecular weight is 353 g/mol. The van der Waals surface area contributed by atoms with Crippen molar-refractivity contribution in [3.8, 4) is 0 Å². The molecule has 1 fully saturated rings. The maximum absolute atomic E-state index is 11.4. The van der Waals surface area contributed by atoms with Crippen LogP contribution in [0.1, 0.15) is 17.7 Å². The topological polar surface area (TPSA) is 72.2 Å². The highest BCUT2D eigenvalue weighted by atomic mass is 79.9. The van der Waals surface area contributed by atoms with Gasteiger partial charge in [-0.25, -0.2) is 8.42 Å². The van der Waals surface area contributed by atoms with Crippen molar-refractivity contribution in [3.63, 3.8) is 0 Å². The number of sulfone groups is 1. The van der Waals surface area contributed by atoms with Gasteiger partial charge in [0.15, 0.2) is 9.84 Å². The van der Waals surface area contributed by atoms with Crippen molar-refractivity contribution < 1.29 is 8.42 Å². The van der Waals surface area contributed by atoms with Crippen LogP contribution in [0.15, 0.2) is 15.9 Å². The zero-order chi connectivity index (χ0) is 13.2. The molecule has 0 amide bonds. The summed E-state index contributed by atoms with van der Waals surface area (Å²) < 4.78 is 23.9. The third-order valence-electron chi connectivity index (χ3n) is 3.26. The van der Waals surface area contributed by atoms with Crippen LogP contribution in [-0.4, -0.2) is 26.0 Å². The van der Waals surface area contributed by atoms with E-state index >= 15 is 0 Å². The zero-order valence-corrected chi connectivity index (χ0v) is 13.2. The lowest BCUT2D eigenvalue weighted by Crippen LogP contribution is -2.38. The van der Waals surface area contributed by atoms with Crippen LogP contribution < -0.4 is 11.3 Å². The van der Waals surface area contributed by atoms with Gasteiger partial charge in [0.2, 0.25) is 0 Å². The van der Waals surface area contributed by atoms with Crippen LogP contribution in [0.2, 0.25) is 0 Å². The second-order valence-electron chi connectivity index (χ2n) is 4.78. The van der Waals surface area contributed by atoms with E-state index in [2.05, 4.69) is 27.4 Å². The van der Waals surface area contributed by atoms with E-state index in [-0.39, 0.29) is 12.0 Å². The number of nitrogens with two attached hydrogens (primary N) is 1. The third kappa shape index (κ3) is 4.03. The molecule has 3 N–H and O–H groups in total. The number of nitrogens with one attached hydrogen (secondary N) is 1. The van der Waals surface area contributed by atoms with Crippen LogP contribution in [-0.2, 0) is 16.3 Å². The van der Waals surface area contributed by atoms with E-state index in [9.17, 15) is 8.42 Å². The van der Waals surface area contributed by atoms with Gasteiger partial charge in [-0.2, -0.15) is 0 Å². The van der Waals surface area contributed by atoms with E-state index in [1.165, 1.54) is 4.88 Å². The quantitative estimate of drug-likeness (QED) is 0.624. The van der Waals surface area contributed by atoms with Crippen molar-refractivity contribution >= 4 is 37.1 Å². The largest absolute Gasteiger partial charge is 0.271 e. The summed E-state index contributed by atoms with van der Waals surface area (Å²) in [6.45, 7) is 0. The average Bonchev–Trinajstić information content (AvgIpc) is 2.84. The standard InChI is InChI=1S/C11H17BrN2O2S2/c12-11-2-1-10(17-11)6-9(14-13)5-8-3-4-18(15,16)7-8/h1-2,8-9,14H,3-7,13H2. The van der Waals surface area contributed by atoms with Crippen LogP contribution in [0.5, 0.6) is 0 Å². The van der Waals surface area contributed by atoms with Gasteiger partial charge in [0, 0.05) is 10.9 Å². The molecule has 2 atom stereocenters. The Morgan fingerprint density at radius 1 is 1.56 bits per heavy atom. The summed E-state index contributed by atoms with van der Waals surface area (Å²) >= 11 is 5.13. The molecule has 0 radical (unpaired) electrons. The lowest BCUT2D eigenvalue weighted by atomic mass is 9.97. The van der Waals surface area contributed by atoms with Crippen molar-refractivity contribution in [2.45, 2.75) is 25.3 Å². The highest BCUT2D eigenvalue weighted by molar-refractivity contribution is 9.11. The molecule has 2 unspecified atom stereocenters. The molecule has 1 aliphatic heterocycles. The molecule has 2 heterocycles. The van der Waals surface area contributed by atoms with Crippen molar-refractivity contribution in [2.75, 3.05) is 11.5 Å². The van der Waals surface area contributed by atoms with Crippen molar-refractivity contribution in [3.05, 3.63) is 20.8 Å².